The Morgan fingerprint density at radius 3 is 2.31 bits per heavy atom. The van der Waals surface area contributed by atoms with E-state index in [9.17, 15) is 9.59 Å². The maximum atomic E-state index is 13.4. The highest BCUT2D eigenvalue weighted by Gasteiger charge is 2.30. The standard InChI is InChI=1S/C28H37ClN2O4/c1-3-26(28(33)30-23-8-5-4-6-9-23)31(20-21-11-15-24(34-2)16-12-21)27(32)10-7-19-35-25-17-13-22(29)14-18-25/h11-18,23,26H,3-10,19-20H2,1-2H3,(H,30,33)/t26-/m0/s1. The molecule has 0 bridgehead atoms. The Kier molecular flexibility index (Phi) is 10.7. The molecule has 2 amide bonds. The number of rotatable bonds is 12. The molecule has 0 heterocycles. The molecule has 35 heavy (non-hydrogen) atoms. The highest BCUT2D eigenvalue weighted by Crippen LogP contribution is 2.21. The minimum Gasteiger partial charge on any atom is -0.497 e. The van der Waals surface area contributed by atoms with Crippen LogP contribution in [-0.2, 0) is 16.1 Å². The molecule has 2 aromatic rings. The van der Waals surface area contributed by atoms with E-state index in [-0.39, 0.29) is 17.9 Å². The number of hydrogen-bond donors (Lipinski definition) is 1. The van der Waals surface area contributed by atoms with Crippen LogP contribution in [0.25, 0.3) is 0 Å². The summed E-state index contributed by atoms with van der Waals surface area (Å²) in [6, 6.07) is 14.5. The number of benzene rings is 2. The smallest absolute Gasteiger partial charge is 0.243 e. The third-order valence-corrected chi connectivity index (χ3v) is 6.72. The fourth-order valence-corrected chi connectivity index (χ4v) is 4.61. The molecule has 0 radical (unpaired) electrons. The van der Waals surface area contributed by atoms with Crippen molar-refractivity contribution in [3.05, 3.63) is 59.1 Å². The molecular formula is C28H37ClN2O4. The summed E-state index contributed by atoms with van der Waals surface area (Å²) in [5.74, 6) is 1.37. The monoisotopic (exact) mass is 500 g/mol. The van der Waals surface area contributed by atoms with E-state index < -0.39 is 6.04 Å². The molecule has 0 aromatic heterocycles. The average molecular weight is 501 g/mol. The number of halogens is 1. The minimum atomic E-state index is -0.510. The Hall–Kier alpha value is -2.73. The number of nitrogens with one attached hydrogen (secondary N) is 1. The van der Waals surface area contributed by atoms with Gasteiger partial charge in [-0.2, -0.15) is 0 Å². The van der Waals surface area contributed by atoms with Gasteiger partial charge in [-0.1, -0.05) is 49.9 Å². The lowest BCUT2D eigenvalue weighted by Gasteiger charge is -2.33. The third-order valence-electron chi connectivity index (χ3n) is 6.47. The number of nitrogens with zero attached hydrogens (tertiary/aromatic N) is 1. The summed E-state index contributed by atoms with van der Waals surface area (Å²) in [6.07, 6.45) is 6.95. The number of carbonyl (C=O) groups is 2. The number of hydrogen-bond acceptors (Lipinski definition) is 4. The molecule has 1 N–H and O–H groups in total. The van der Waals surface area contributed by atoms with Crippen molar-refractivity contribution in [2.45, 2.75) is 76.9 Å². The van der Waals surface area contributed by atoms with Gasteiger partial charge in [0, 0.05) is 24.0 Å². The number of ether oxygens (including phenoxy) is 2. The molecule has 190 valence electrons. The van der Waals surface area contributed by atoms with Crippen molar-refractivity contribution in [2.24, 2.45) is 0 Å². The zero-order valence-corrected chi connectivity index (χ0v) is 21.6. The fraction of sp³-hybridized carbons (Fsp3) is 0.500. The van der Waals surface area contributed by atoms with Crippen LogP contribution in [0, 0.1) is 0 Å². The largest absolute Gasteiger partial charge is 0.497 e. The van der Waals surface area contributed by atoms with Gasteiger partial charge in [0.15, 0.2) is 0 Å². The van der Waals surface area contributed by atoms with Crippen LogP contribution >= 0.6 is 11.6 Å². The van der Waals surface area contributed by atoms with Gasteiger partial charge in [-0.15, -0.1) is 0 Å². The number of methoxy groups -OCH3 is 1. The van der Waals surface area contributed by atoms with E-state index in [0.717, 1.165) is 42.7 Å². The van der Waals surface area contributed by atoms with Crippen LogP contribution in [-0.4, -0.2) is 42.5 Å². The Labute approximate surface area is 213 Å². The summed E-state index contributed by atoms with van der Waals surface area (Å²) in [5.41, 5.74) is 0.959. The van der Waals surface area contributed by atoms with Crippen molar-refractivity contribution in [1.82, 2.24) is 10.2 Å². The lowest BCUT2D eigenvalue weighted by atomic mass is 9.95. The second-order valence-electron chi connectivity index (χ2n) is 9.04. The van der Waals surface area contributed by atoms with E-state index >= 15 is 0 Å². The van der Waals surface area contributed by atoms with Gasteiger partial charge in [0.05, 0.1) is 13.7 Å². The normalized spacial score (nSPS) is 14.7. The summed E-state index contributed by atoms with van der Waals surface area (Å²) in [7, 11) is 1.62. The van der Waals surface area contributed by atoms with Crippen molar-refractivity contribution < 1.29 is 19.1 Å². The van der Waals surface area contributed by atoms with E-state index in [2.05, 4.69) is 5.32 Å². The van der Waals surface area contributed by atoms with Crippen LogP contribution in [0.3, 0.4) is 0 Å². The lowest BCUT2D eigenvalue weighted by molar-refractivity contribution is -0.142. The van der Waals surface area contributed by atoms with Gasteiger partial charge >= 0.3 is 0 Å². The first-order valence-corrected chi connectivity index (χ1v) is 13.0. The molecule has 0 aliphatic heterocycles. The number of amides is 2. The lowest BCUT2D eigenvalue weighted by Crippen LogP contribution is -2.51. The topological polar surface area (TPSA) is 67.9 Å². The zero-order chi connectivity index (χ0) is 25.0. The molecule has 6 nitrogen and oxygen atoms in total. The molecule has 1 saturated carbocycles. The second-order valence-corrected chi connectivity index (χ2v) is 9.48. The molecule has 1 aliphatic rings. The van der Waals surface area contributed by atoms with Crippen LogP contribution in [0.5, 0.6) is 11.5 Å². The summed E-state index contributed by atoms with van der Waals surface area (Å²) in [6.45, 7) is 2.75. The molecular weight excluding hydrogens is 464 g/mol. The maximum absolute atomic E-state index is 13.4. The molecule has 1 aliphatic carbocycles. The molecule has 0 spiro atoms. The van der Waals surface area contributed by atoms with E-state index in [1.54, 1.807) is 24.1 Å². The van der Waals surface area contributed by atoms with Crippen molar-refractivity contribution in [1.29, 1.82) is 0 Å². The van der Waals surface area contributed by atoms with Gasteiger partial charge < -0.3 is 19.7 Å². The Balaban J connectivity index is 1.65. The van der Waals surface area contributed by atoms with Gasteiger partial charge in [0.1, 0.15) is 17.5 Å². The first-order valence-electron chi connectivity index (χ1n) is 12.6. The molecule has 1 fully saturated rings. The van der Waals surface area contributed by atoms with Gasteiger partial charge in [0.2, 0.25) is 11.8 Å². The third kappa shape index (κ3) is 8.46. The predicted molar refractivity (Wildman–Crippen MR) is 139 cm³/mol. The van der Waals surface area contributed by atoms with Crippen molar-refractivity contribution in [3.63, 3.8) is 0 Å². The average Bonchev–Trinajstić information content (AvgIpc) is 2.88. The SMILES string of the molecule is CC[C@@H](C(=O)NC1CCCCC1)N(Cc1ccc(OC)cc1)C(=O)CCCOc1ccc(Cl)cc1. The predicted octanol–water partition coefficient (Wildman–Crippen LogP) is 5.76. The van der Waals surface area contributed by atoms with Gasteiger partial charge in [-0.3, -0.25) is 9.59 Å². The second kappa shape index (κ2) is 14.0. The van der Waals surface area contributed by atoms with E-state index in [4.69, 9.17) is 21.1 Å². The highest BCUT2D eigenvalue weighted by atomic mass is 35.5. The number of carbonyl (C=O) groups excluding carboxylic acids is 2. The van der Waals surface area contributed by atoms with Crippen molar-refractivity contribution in [3.8, 4) is 11.5 Å². The minimum absolute atomic E-state index is 0.0498. The van der Waals surface area contributed by atoms with E-state index in [0.29, 0.717) is 37.4 Å². The summed E-state index contributed by atoms with van der Waals surface area (Å²) in [5, 5.41) is 3.87. The summed E-state index contributed by atoms with van der Waals surface area (Å²) >= 11 is 5.92. The van der Waals surface area contributed by atoms with Crippen LogP contribution in [0.15, 0.2) is 48.5 Å². The Bertz CT molecular complexity index is 927. The van der Waals surface area contributed by atoms with Crippen molar-refractivity contribution >= 4 is 23.4 Å². The Morgan fingerprint density at radius 1 is 1.03 bits per heavy atom. The summed E-state index contributed by atoms with van der Waals surface area (Å²) < 4.78 is 11.0. The zero-order valence-electron chi connectivity index (χ0n) is 20.8. The molecule has 3 rings (SSSR count). The van der Waals surface area contributed by atoms with Gasteiger partial charge in [0.25, 0.3) is 0 Å². The van der Waals surface area contributed by atoms with E-state index in [1.807, 2.05) is 43.3 Å². The fourth-order valence-electron chi connectivity index (χ4n) is 4.48. The van der Waals surface area contributed by atoms with Gasteiger partial charge in [-0.05, 0) is 67.6 Å². The highest BCUT2D eigenvalue weighted by molar-refractivity contribution is 6.30. The quantitative estimate of drug-likeness (QED) is 0.376. The van der Waals surface area contributed by atoms with Crippen LogP contribution < -0.4 is 14.8 Å². The van der Waals surface area contributed by atoms with Crippen LogP contribution in [0.4, 0.5) is 0 Å². The molecule has 2 aromatic carbocycles. The van der Waals surface area contributed by atoms with Crippen molar-refractivity contribution in [2.75, 3.05) is 13.7 Å². The molecule has 7 heteroatoms. The maximum Gasteiger partial charge on any atom is 0.243 e. The van der Waals surface area contributed by atoms with Gasteiger partial charge in [-0.25, -0.2) is 0 Å². The molecule has 1 atom stereocenters. The molecule has 0 saturated heterocycles. The van der Waals surface area contributed by atoms with Crippen LogP contribution in [0.1, 0.15) is 63.9 Å². The molecule has 0 unspecified atom stereocenters. The first kappa shape index (κ1) is 26.9. The van der Waals surface area contributed by atoms with Crippen LogP contribution in [0.2, 0.25) is 5.02 Å². The van der Waals surface area contributed by atoms with E-state index in [1.165, 1.54) is 6.42 Å². The Morgan fingerprint density at radius 2 is 1.69 bits per heavy atom. The summed E-state index contributed by atoms with van der Waals surface area (Å²) in [4.78, 5) is 28.4. The first-order chi connectivity index (χ1) is 17.0.